The van der Waals surface area contributed by atoms with Gasteiger partial charge < -0.3 is 4.57 Å². The molecule has 29 heavy (non-hydrogen) atoms. The molecule has 1 amide bonds. The number of carbonyl (C=O) groups is 1. The topological polar surface area (TPSA) is 146 Å². The molecule has 0 spiro atoms. The maximum atomic E-state index is 12.4. The van der Waals surface area contributed by atoms with Gasteiger partial charge in [0.2, 0.25) is 0 Å². The lowest BCUT2D eigenvalue weighted by atomic mass is 10.1. The Morgan fingerprint density at radius 1 is 1.28 bits per heavy atom. The van der Waals surface area contributed by atoms with Gasteiger partial charge in [-0.1, -0.05) is 12.1 Å². The summed E-state index contributed by atoms with van der Waals surface area (Å²) < 4.78 is 3.48. The maximum absolute atomic E-state index is 12.4. The van der Waals surface area contributed by atoms with Gasteiger partial charge in [-0.05, 0) is 6.92 Å². The highest BCUT2D eigenvalue weighted by Gasteiger charge is 2.16. The monoisotopic (exact) mass is 399 g/mol. The molecule has 3 aromatic rings. The number of non-ortho nitro benzene ring substituents is 1. The van der Waals surface area contributed by atoms with Crippen molar-refractivity contribution in [3.8, 4) is 0 Å². The summed E-state index contributed by atoms with van der Waals surface area (Å²) in [6, 6.07) is 5.85. The lowest BCUT2D eigenvalue weighted by Crippen LogP contribution is -2.38. The molecule has 0 unspecified atom stereocenters. The number of benzene rings is 1. The Labute approximate surface area is 162 Å². The average Bonchev–Trinajstić information content (AvgIpc) is 3.12. The molecule has 0 aliphatic rings. The number of aryl methyl sites for hydroxylation is 1. The van der Waals surface area contributed by atoms with Gasteiger partial charge in [0, 0.05) is 31.8 Å². The number of nitrogens with one attached hydrogen (secondary N) is 1. The van der Waals surface area contributed by atoms with Gasteiger partial charge in [-0.3, -0.25) is 28.8 Å². The Hall–Kier alpha value is -4.09. The van der Waals surface area contributed by atoms with E-state index in [2.05, 4.69) is 15.5 Å². The molecule has 0 atom stereocenters. The summed E-state index contributed by atoms with van der Waals surface area (Å²) in [4.78, 5) is 51.0. The van der Waals surface area contributed by atoms with Crippen molar-refractivity contribution in [1.29, 1.82) is 0 Å². The number of fused-ring (bicyclic) bond motifs is 1. The Bertz CT molecular complexity index is 1280. The van der Waals surface area contributed by atoms with E-state index in [9.17, 15) is 24.5 Å². The van der Waals surface area contributed by atoms with Crippen LogP contribution in [0.2, 0.25) is 0 Å². The lowest BCUT2D eigenvalue weighted by molar-refractivity contribution is -0.384. The van der Waals surface area contributed by atoms with E-state index in [-0.39, 0.29) is 23.4 Å². The molecule has 0 bridgehead atoms. The molecule has 12 nitrogen and oxygen atoms in total. The Kier molecular flexibility index (Phi) is 5.08. The molecule has 3 rings (SSSR count). The van der Waals surface area contributed by atoms with Crippen LogP contribution < -0.4 is 16.7 Å². The zero-order valence-corrected chi connectivity index (χ0v) is 15.8. The lowest BCUT2D eigenvalue weighted by Gasteiger charge is -2.06. The minimum absolute atomic E-state index is 0.0882. The number of hydrogen-bond donors (Lipinski definition) is 1. The molecule has 12 heteroatoms. The van der Waals surface area contributed by atoms with Gasteiger partial charge in [0.15, 0.2) is 11.2 Å². The predicted molar refractivity (Wildman–Crippen MR) is 104 cm³/mol. The number of aromatic nitrogens is 4. The molecule has 2 aromatic heterocycles. The van der Waals surface area contributed by atoms with Crippen LogP contribution in [0.15, 0.2) is 45.3 Å². The van der Waals surface area contributed by atoms with Crippen LogP contribution in [0.1, 0.15) is 12.5 Å². The standard InChI is InChI=1S/C17H17N7O5/c1-10(11-5-4-6-12(7-11)24(28)29)19-20-13(25)8-23-9-18-15-14(23)16(26)22(3)17(27)21(15)2/h4-7,9H,8H2,1-3H3,(H,20,25)/b19-10-. The highest BCUT2D eigenvalue weighted by molar-refractivity contribution is 5.99. The Balaban J connectivity index is 1.82. The number of rotatable bonds is 5. The fraction of sp³-hybridized carbons (Fsp3) is 0.235. The molecule has 1 aromatic carbocycles. The summed E-state index contributed by atoms with van der Waals surface area (Å²) >= 11 is 0. The van der Waals surface area contributed by atoms with Crippen molar-refractivity contribution in [2.75, 3.05) is 0 Å². The van der Waals surface area contributed by atoms with Crippen LogP contribution in [0, 0.1) is 10.1 Å². The van der Waals surface area contributed by atoms with Gasteiger partial charge in [0.25, 0.3) is 17.2 Å². The molecule has 1 N–H and O–H groups in total. The molecular formula is C17H17N7O5. The Morgan fingerprint density at radius 2 is 2.00 bits per heavy atom. The highest BCUT2D eigenvalue weighted by atomic mass is 16.6. The molecule has 0 radical (unpaired) electrons. The number of hydrogen-bond acceptors (Lipinski definition) is 7. The molecule has 2 heterocycles. The smallest absolute Gasteiger partial charge is 0.315 e. The molecule has 0 saturated heterocycles. The van der Waals surface area contributed by atoms with E-state index in [0.717, 1.165) is 4.57 Å². The first kappa shape index (κ1) is 19.7. The van der Waals surface area contributed by atoms with E-state index < -0.39 is 22.1 Å². The van der Waals surface area contributed by atoms with Gasteiger partial charge in [-0.25, -0.2) is 15.2 Å². The van der Waals surface area contributed by atoms with Gasteiger partial charge in [0.1, 0.15) is 6.54 Å². The number of nitro benzene ring substituents is 1. The van der Waals surface area contributed by atoms with Crippen molar-refractivity contribution in [2.45, 2.75) is 13.5 Å². The minimum atomic E-state index is -0.565. The number of carbonyl (C=O) groups excluding carboxylic acids is 1. The fourth-order valence-electron chi connectivity index (χ4n) is 2.76. The summed E-state index contributed by atoms with van der Waals surface area (Å²) in [7, 11) is 2.82. The zero-order valence-electron chi connectivity index (χ0n) is 15.8. The molecule has 0 saturated carbocycles. The van der Waals surface area contributed by atoms with Crippen LogP contribution in [0.25, 0.3) is 11.2 Å². The summed E-state index contributed by atoms with van der Waals surface area (Å²) in [5.74, 6) is -0.537. The fourth-order valence-corrected chi connectivity index (χ4v) is 2.76. The van der Waals surface area contributed by atoms with Crippen LogP contribution in [0.3, 0.4) is 0 Å². The first-order chi connectivity index (χ1) is 13.7. The third kappa shape index (κ3) is 3.67. The normalized spacial score (nSPS) is 11.6. The second-order valence-electron chi connectivity index (χ2n) is 6.29. The van der Waals surface area contributed by atoms with Gasteiger partial charge in [-0.2, -0.15) is 5.10 Å². The second kappa shape index (κ2) is 7.50. The average molecular weight is 399 g/mol. The van der Waals surface area contributed by atoms with Crippen LogP contribution in [0.4, 0.5) is 5.69 Å². The van der Waals surface area contributed by atoms with Crippen molar-refractivity contribution in [3.05, 3.63) is 67.1 Å². The van der Waals surface area contributed by atoms with Gasteiger partial charge >= 0.3 is 5.69 Å². The van der Waals surface area contributed by atoms with Crippen molar-refractivity contribution < 1.29 is 9.72 Å². The number of nitro groups is 1. The largest absolute Gasteiger partial charge is 0.332 e. The highest BCUT2D eigenvalue weighted by Crippen LogP contribution is 2.13. The maximum Gasteiger partial charge on any atom is 0.332 e. The van der Waals surface area contributed by atoms with Gasteiger partial charge in [0.05, 0.1) is 17.0 Å². The predicted octanol–water partition coefficient (Wildman–Crippen LogP) is -0.118. The van der Waals surface area contributed by atoms with Crippen molar-refractivity contribution in [3.63, 3.8) is 0 Å². The summed E-state index contributed by atoms with van der Waals surface area (Å²) in [5, 5.41) is 14.8. The molecule has 0 aliphatic heterocycles. The molecule has 150 valence electrons. The number of nitrogens with zero attached hydrogens (tertiary/aromatic N) is 6. The minimum Gasteiger partial charge on any atom is -0.315 e. The van der Waals surface area contributed by atoms with Crippen molar-refractivity contribution in [2.24, 2.45) is 19.2 Å². The molecule has 0 fully saturated rings. The zero-order chi connectivity index (χ0) is 21.3. The summed E-state index contributed by atoms with van der Waals surface area (Å²) in [5.41, 5.74) is 2.31. The van der Waals surface area contributed by atoms with E-state index in [1.54, 1.807) is 13.0 Å². The van der Waals surface area contributed by atoms with Crippen molar-refractivity contribution >= 4 is 28.5 Å². The SMILES string of the molecule is C/C(=N/NC(=O)Cn1cnc2c1c(=O)n(C)c(=O)n2C)c1cccc([N+](=O)[O-])c1. The van der Waals surface area contributed by atoms with E-state index >= 15 is 0 Å². The van der Waals surface area contributed by atoms with Crippen LogP contribution in [0.5, 0.6) is 0 Å². The van der Waals surface area contributed by atoms with Crippen LogP contribution >= 0.6 is 0 Å². The van der Waals surface area contributed by atoms with Crippen LogP contribution in [-0.2, 0) is 25.4 Å². The van der Waals surface area contributed by atoms with E-state index in [1.165, 1.54) is 47.8 Å². The van der Waals surface area contributed by atoms with E-state index in [0.29, 0.717) is 11.3 Å². The molecule has 0 aliphatic carbocycles. The number of amides is 1. The van der Waals surface area contributed by atoms with E-state index in [4.69, 9.17) is 0 Å². The molecular weight excluding hydrogens is 382 g/mol. The van der Waals surface area contributed by atoms with Gasteiger partial charge in [-0.15, -0.1) is 0 Å². The van der Waals surface area contributed by atoms with Crippen LogP contribution in [-0.4, -0.2) is 35.2 Å². The van der Waals surface area contributed by atoms with Crippen molar-refractivity contribution in [1.82, 2.24) is 24.1 Å². The quantitative estimate of drug-likeness (QED) is 0.359. The van der Waals surface area contributed by atoms with E-state index in [1.807, 2.05) is 0 Å². The first-order valence-electron chi connectivity index (χ1n) is 8.39. The summed E-state index contributed by atoms with van der Waals surface area (Å²) in [6.45, 7) is 1.34. The second-order valence-corrected chi connectivity index (χ2v) is 6.29. The number of hydrazone groups is 1. The third-order valence-electron chi connectivity index (χ3n) is 4.35. The summed E-state index contributed by atoms with van der Waals surface area (Å²) in [6.07, 6.45) is 1.29. The first-order valence-corrected chi connectivity index (χ1v) is 8.39. The Morgan fingerprint density at radius 3 is 2.69 bits per heavy atom. The number of imidazole rings is 1. The third-order valence-corrected chi connectivity index (χ3v) is 4.35.